The number of carbonyl (C=O) groups excluding carboxylic acids is 1. The van der Waals surface area contributed by atoms with E-state index in [2.05, 4.69) is 0 Å². The Kier molecular flexibility index (Phi) is 3.45. The average Bonchev–Trinajstić information content (AvgIpc) is 2.77. The zero-order chi connectivity index (χ0) is 13.6. The first-order chi connectivity index (χ1) is 8.24. The maximum Gasteiger partial charge on any atom is 0.225 e. The molecule has 4 nitrogen and oxygen atoms in total. The number of rotatable bonds is 1. The number of hydrogen-bond acceptors (Lipinski definition) is 3. The fourth-order valence-corrected chi connectivity index (χ4v) is 3.64. The van der Waals surface area contributed by atoms with Crippen molar-refractivity contribution in [2.45, 2.75) is 64.5 Å². The molecular weight excluding hydrogens is 228 g/mol. The van der Waals surface area contributed by atoms with E-state index in [1.165, 1.54) is 5.06 Å². The summed E-state index contributed by atoms with van der Waals surface area (Å²) in [6.07, 6.45) is 3.75. The second-order valence-corrected chi connectivity index (χ2v) is 7.07. The second-order valence-electron chi connectivity index (χ2n) is 7.07. The van der Waals surface area contributed by atoms with Crippen molar-refractivity contribution in [2.24, 2.45) is 5.92 Å². The molecule has 0 radical (unpaired) electrons. The molecule has 0 unspecified atom stereocenters. The fraction of sp³-hybridized carbons (Fsp3) is 0.929. The highest BCUT2D eigenvalue weighted by Crippen LogP contribution is 2.40. The van der Waals surface area contributed by atoms with Crippen LogP contribution in [0.15, 0.2) is 0 Å². The number of amides is 1. The van der Waals surface area contributed by atoms with Crippen LogP contribution in [0.4, 0.5) is 0 Å². The van der Waals surface area contributed by atoms with Crippen molar-refractivity contribution in [3.05, 3.63) is 0 Å². The lowest BCUT2D eigenvalue weighted by Gasteiger charge is -2.51. The first kappa shape index (κ1) is 13.8. The van der Waals surface area contributed by atoms with Crippen LogP contribution in [-0.2, 0) is 4.79 Å². The standard InChI is InChI=1S/C14H26N2O2/c1-13(2)9-11(10-14(3,4)16(13)18)12(17)15-7-5-6-8-15/h11,18H,5-10H2,1-4H3. The van der Waals surface area contributed by atoms with E-state index in [4.69, 9.17) is 0 Å². The Balaban J connectivity index is 2.12. The molecule has 1 N–H and O–H groups in total. The van der Waals surface area contributed by atoms with Crippen molar-refractivity contribution in [3.63, 3.8) is 0 Å². The van der Waals surface area contributed by atoms with Crippen LogP contribution in [0.1, 0.15) is 53.4 Å². The maximum atomic E-state index is 12.5. The van der Waals surface area contributed by atoms with E-state index in [1.807, 2.05) is 32.6 Å². The van der Waals surface area contributed by atoms with Crippen LogP contribution >= 0.6 is 0 Å². The van der Waals surface area contributed by atoms with Gasteiger partial charge in [0.15, 0.2) is 0 Å². The van der Waals surface area contributed by atoms with Crippen molar-refractivity contribution in [1.29, 1.82) is 0 Å². The minimum atomic E-state index is -0.332. The largest absolute Gasteiger partial charge is 0.342 e. The Bertz CT molecular complexity index is 315. The summed E-state index contributed by atoms with van der Waals surface area (Å²) in [6.45, 7) is 9.88. The number of hydrogen-bond donors (Lipinski definition) is 1. The summed E-state index contributed by atoms with van der Waals surface area (Å²) in [5, 5.41) is 11.7. The molecule has 2 heterocycles. The lowest BCUT2D eigenvalue weighted by molar-refractivity contribution is -0.250. The predicted molar refractivity (Wildman–Crippen MR) is 70.3 cm³/mol. The smallest absolute Gasteiger partial charge is 0.225 e. The van der Waals surface area contributed by atoms with Crippen LogP contribution in [-0.4, -0.2) is 45.2 Å². The van der Waals surface area contributed by atoms with Gasteiger partial charge >= 0.3 is 0 Å². The van der Waals surface area contributed by atoms with Crippen LogP contribution in [0, 0.1) is 5.92 Å². The molecule has 4 heteroatoms. The van der Waals surface area contributed by atoms with Gasteiger partial charge in [-0.25, -0.2) is 0 Å². The minimum Gasteiger partial charge on any atom is -0.342 e. The molecule has 2 fully saturated rings. The average molecular weight is 254 g/mol. The highest BCUT2D eigenvalue weighted by Gasteiger charge is 2.47. The Morgan fingerprint density at radius 1 is 1.06 bits per heavy atom. The first-order valence-corrected chi connectivity index (χ1v) is 7.02. The van der Waals surface area contributed by atoms with E-state index in [-0.39, 0.29) is 17.0 Å². The second kappa shape index (κ2) is 4.49. The third-order valence-electron chi connectivity index (χ3n) is 4.41. The van der Waals surface area contributed by atoms with Crippen molar-refractivity contribution >= 4 is 5.91 Å². The van der Waals surface area contributed by atoms with Gasteiger partial charge in [0, 0.05) is 30.1 Å². The van der Waals surface area contributed by atoms with E-state index >= 15 is 0 Å². The van der Waals surface area contributed by atoms with Gasteiger partial charge < -0.3 is 10.1 Å². The first-order valence-electron chi connectivity index (χ1n) is 7.02. The summed E-state index contributed by atoms with van der Waals surface area (Å²) < 4.78 is 0. The number of nitrogens with zero attached hydrogens (tertiary/aromatic N) is 2. The normalized spacial score (nSPS) is 28.6. The van der Waals surface area contributed by atoms with Crippen molar-refractivity contribution in [2.75, 3.05) is 13.1 Å². The van der Waals surface area contributed by atoms with Crippen LogP contribution in [0.5, 0.6) is 0 Å². The molecule has 2 rings (SSSR count). The van der Waals surface area contributed by atoms with Crippen molar-refractivity contribution in [3.8, 4) is 0 Å². The molecule has 0 aliphatic carbocycles. The zero-order valence-electron chi connectivity index (χ0n) is 12.1. The number of carbonyl (C=O) groups is 1. The molecular formula is C14H26N2O2. The van der Waals surface area contributed by atoms with Gasteiger partial charge in [-0.2, -0.15) is 5.06 Å². The molecule has 0 saturated carbocycles. The highest BCUT2D eigenvalue weighted by atomic mass is 16.5. The fourth-order valence-electron chi connectivity index (χ4n) is 3.64. The predicted octanol–water partition coefficient (Wildman–Crippen LogP) is 2.27. The van der Waals surface area contributed by atoms with Gasteiger partial charge in [-0.05, 0) is 53.4 Å². The molecule has 0 bridgehead atoms. The van der Waals surface area contributed by atoms with Gasteiger partial charge in [0.05, 0.1) is 0 Å². The maximum absolute atomic E-state index is 12.5. The van der Waals surface area contributed by atoms with Gasteiger partial charge in [-0.15, -0.1) is 0 Å². The van der Waals surface area contributed by atoms with Crippen molar-refractivity contribution in [1.82, 2.24) is 9.96 Å². The van der Waals surface area contributed by atoms with Crippen molar-refractivity contribution < 1.29 is 10.0 Å². The lowest BCUT2D eigenvalue weighted by Crippen LogP contribution is -2.60. The van der Waals surface area contributed by atoms with Crippen LogP contribution in [0.25, 0.3) is 0 Å². The summed E-state index contributed by atoms with van der Waals surface area (Å²) in [4.78, 5) is 14.5. The quantitative estimate of drug-likeness (QED) is 0.780. The summed E-state index contributed by atoms with van der Waals surface area (Å²) in [5.74, 6) is 0.346. The topological polar surface area (TPSA) is 43.8 Å². The highest BCUT2D eigenvalue weighted by molar-refractivity contribution is 5.79. The third kappa shape index (κ3) is 2.41. The Labute approximate surface area is 110 Å². The third-order valence-corrected chi connectivity index (χ3v) is 4.41. The Hall–Kier alpha value is -0.610. The Morgan fingerprint density at radius 3 is 1.94 bits per heavy atom. The molecule has 2 saturated heterocycles. The zero-order valence-corrected chi connectivity index (χ0v) is 12.1. The molecule has 2 aliphatic heterocycles. The van der Waals surface area contributed by atoms with Crippen LogP contribution in [0.3, 0.4) is 0 Å². The van der Waals surface area contributed by atoms with E-state index in [0.29, 0.717) is 5.91 Å². The number of hydroxylamine groups is 2. The van der Waals surface area contributed by atoms with Crippen LogP contribution in [0.2, 0.25) is 0 Å². The molecule has 0 aromatic heterocycles. The molecule has 18 heavy (non-hydrogen) atoms. The van der Waals surface area contributed by atoms with E-state index in [9.17, 15) is 10.0 Å². The Morgan fingerprint density at radius 2 is 1.50 bits per heavy atom. The van der Waals surface area contributed by atoms with Gasteiger partial charge in [0.2, 0.25) is 5.91 Å². The van der Waals surface area contributed by atoms with Gasteiger partial charge in [0.25, 0.3) is 0 Å². The van der Waals surface area contributed by atoms with Gasteiger partial charge in [0.1, 0.15) is 0 Å². The summed E-state index contributed by atoms with van der Waals surface area (Å²) in [6, 6.07) is 0. The monoisotopic (exact) mass is 254 g/mol. The van der Waals surface area contributed by atoms with Crippen LogP contribution < -0.4 is 0 Å². The molecule has 0 atom stereocenters. The van der Waals surface area contributed by atoms with Gasteiger partial charge in [-0.1, -0.05) is 0 Å². The SMILES string of the molecule is CC1(C)CC(C(=O)N2CCCC2)CC(C)(C)N1O. The summed E-state index contributed by atoms with van der Waals surface area (Å²) >= 11 is 0. The van der Waals surface area contributed by atoms with E-state index in [1.54, 1.807) is 0 Å². The molecule has 0 aromatic rings. The summed E-state index contributed by atoms with van der Waals surface area (Å²) in [5.41, 5.74) is -0.663. The minimum absolute atomic E-state index is 0.0523. The lowest BCUT2D eigenvalue weighted by atomic mass is 9.75. The molecule has 104 valence electrons. The molecule has 0 aromatic carbocycles. The number of piperidine rings is 1. The van der Waals surface area contributed by atoms with Gasteiger partial charge in [-0.3, -0.25) is 4.79 Å². The molecule has 0 spiro atoms. The number of likely N-dealkylation sites (tertiary alicyclic amines) is 1. The van der Waals surface area contributed by atoms with E-state index in [0.717, 1.165) is 38.8 Å². The van der Waals surface area contributed by atoms with E-state index < -0.39 is 0 Å². The molecule has 1 amide bonds. The molecule has 2 aliphatic rings. The summed E-state index contributed by atoms with van der Waals surface area (Å²) in [7, 11) is 0.